The molecule has 1 aromatic heterocycles. The highest BCUT2D eigenvalue weighted by Gasteiger charge is 2.72. The molecule has 2 aliphatic rings. The summed E-state index contributed by atoms with van der Waals surface area (Å²) in [6.45, 7) is 3.51. The van der Waals surface area contributed by atoms with Crippen LogP contribution in [0.5, 0.6) is 0 Å². The Morgan fingerprint density at radius 3 is 2.73 bits per heavy atom. The maximum atomic E-state index is 13.1. The Morgan fingerprint density at radius 1 is 1.55 bits per heavy atom. The maximum absolute atomic E-state index is 13.1. The number of hydrogen-bond donors (Lipinski definition) is 1. The monoisotopic (exact) mass is 318 g/mol. The van der Waals surface area contributed by atoms with E-state index in [-0.39, 0.29) is 11.8 Å². The van der Waals surface area contributed by atoms with Crippen LogP contribution in [0.3, 0.4) is 0 Å². The van der Waals surface area contributed by atoms with E-state index in [0.717, 1.165) is 12.7 Å². The minimum Gasteiger partial charge on any atom is -0.374 e. The topological polar surface area (TPSA) is 69.0 Å². The second kappa shape index (κ2) is 4.68. The number of amides is 1. The second-order valence-corrected chi connectivity index (χ2v) is 6.34. The zero-order valence-electron chi connectivity index (χ0n) is 12.2. The lowest BCUT2D eigenvalue weighted by Gasteiger charge is -2.30. The quantitative estimate of drug-likeness (QED) is 0.909. The first-order valence-corrected chi connectivity index (χ1v) is 7.01. The molecule has 9 heteroatoms. The molecule has 0 spiro atoms. The number of fused-ring (bicyclic) bond motifs is 1. The molecule has 3 atom stereocenters. The van der Waals surface area contributed by atoms with Crippen LogP contribution < -0.4 is 5.32 Å². The van der Waals surface area contributed by atoms with Gasteiger partial charge in [-0.3, -0.25) is 4.79 Å². The molecule has 2 heterocycles. The lowest BCUT2D eigenvalue weighted by atomic mass is 9.86. The molecule has 0 bridgehead atoms. The van der Waals surface area contributed by atoms with Crippen molar-refractivity contribution in [1.29, 1.82) is 0 Å². The molecular weight excluding hydrogens is 301 g/mol. The Bertz CT molecular complexity index is 572. The smallest absolute Gasteiger partial charge is 0.374 e. The number of halogens is 3. The molecular formula is C13H17F3N4O2. The molecule has 22 heavy (non-hydrogen) atoms. The number of nitrogens with one attached hydrogen (secondary N) is 1. The first-order valence-electron chi connectivity index (χ1n) is 7.01. The molecule has 2 fully saturated rings. The Kier molecular flexibility index (Phi) is 3.24. The van der Waals surface area contributed by atoms with Crippen molar-refractivity contribution >= 4 is 5.91 Å². The second-order valence-electron chi connectivity index (χ2n) is 6.34. The average molecular weight is 318 g/mol. The number of nitrogens with zero attached hydrogens (tertiary/aromatic N) is 3. The highest BCUT2D eigenvalue weighted by molar-refractivity contribution is 5.88. The Labute approximate surface area is 125 Å². The van der Waals surface area contributed by atoms with Gasteiger partial charge in [-0.05, 0) is 20.3 Å². The summed E-state index contributed by atoms with van der Waals surface area (Å²) in [5, 5.41) is 5.95. The van der Waals surface area contributed by atoms with E-state index in [1.165, 1.54) is 0 Å². The minimum atomic E-state index is -4.52. The number of aromatic nitrogens is 3. The van der Waals surface area contributed by atoms with Gasteiger partial charge in [0.25, 0.3) is 0 Å². The largest absolute Gasteiger partial charge is 0.412 e. The van der Waals surface area contributed by atoms with E-state index in [1.54, 1.807) is 13.8 Å². The zero-order valence-corrected chi connectivity index (χ0v) is 12.2. The van der Waals surface area contributed by atoms with Crippen LogP contribution in [0, 0.1) is 11.3 Å². The van der Waals surface area contributed by atoms with E-state index in [2.05, 4.69) is 15.4 Å². The van der Waals surface area contributed by atoms with Crippen LogP contribution in [-0.4, -0.2) is 45.6 Å². The van der Waals surface area contributed by atoms with Crippen molar-refractivity contribution in [3.8, 4) is 0 Å². The number of carbonyl (C=O) groups excluding carboxylic acids is 1. The van der Waals surface area contributed by atoms with Gasteiger partial charge in [-0.2, -0.15) is 18.3 Å². The first kappa shape index (κ1) is 15.3. The van der Waals surface area contributed by atoms with E-state index in [9.17, 15) is 18.0 Å². The number of carbonyl (C=O) groups is 1. The van der Waals surface area contributed by atoms with Crippen LogP contribution in [0.15, 0.2) is 12.7 Å². The molecule has 1 aliphatic carbocycles. The summed E-state index contributed by atoms with van der Waals surface area (Å²) >= 11 is 0. The van der Waals surface area contributed by atoms with Crippen LogP contribution in [-0.2, 0) is 9.53 Å². The molecule has 3 rings (SSSR count). The maximum Gasteiger partial charge on any atom is 0.412 e. The van der Waals surface area contributed by atoms with Gasteiger partial charge in [0.2, 0.25) is 5.91 Å². The van der Waals surface area contributed by atoms with Crippen LogP contribution in [0.25, 0.3) is 0 Å². The third kappa shape index (κ3) is 2.18. The van der Waals surface area contributed by atoms with Gasteiger partial charge in [0, 0.05) is 12.5 Å². The Morgan fingerprint density at radius 2 is 2.27 bits per heavy atom. The fourth-order valence-corrected chi connectivity index (χ4v) is 3.34. The molecule has 6 nitrogen and oxygen atoms in total. The van der Waals surface area contributed by atoms with Gasteiger partial charge in [-0.25, -0.2) is 9.67 Å². The summed E-state index contributed by atoms with van der Waals surface area (Å²) in [7, 11) is 0. The summed E-state index contributed by atoms with van der Waals surface area (Å²) in [5.41, 5.74) is -1.35. The molecule has 1 aromatic rings. The summed E-state index contributed by atoms with van der Waals surface area (Å²) in [6, 6.07) is -1.93. The molecule has 1 amide bonds. The molecule has 122 valence electrons. The minimum absolute atomic E-state index is 0.0956. The molecule has 0 aromatic carbocycles. The van der Waals surface area contributed by atoms with E-state index < -0.39 is 29.8 Å². The van der Waals surface area contributed by atoms with Crippen LogP contribution in [0.4, 0.5) is 13.2 Å². The molecule has 3 unspecified atom stereocenters. The molecule has 1 N–H and O–H groups in total. The average Bonchev–Trinajstić information content (AvgIpc) is 2.81. The lowest BCUT2D eigenvalue weighted by Crippen LogP contribution is -2.47. The third-order valence-electron chi connectivity index (χ3n) is 4.82. The van der Waals surface area contributed by atoms with Crippen molar-refractivity contribution in [3.05, 3.63) is 12.7 Å². The van der Waals surface area contributed by atoms with Crippen molar-refractivity contribution in [2.45, 2.75) is 38.1 Å². The highest BCUT2D eigenvalue weighted by Crippen LogP contribution is 2.65. The predicted molar refractivity (Wildman–Crippen MR) is 68.7 cm³/mol. The van der Waals surface area contributed by atoms with Gasteiger partial charge >= 0.3 is 6.18 Å². The number of hydrogen-bond acceptors (Lipinski definition) is 4. The highest BCUT2D eigenvalue weighted by atomic mass is 19.4. The van der Waals surface area contributed by atoms with Gasteiger partial charge in [-0.1, -0.05) is 0 Å². The van der Waals surface area contributed by atoms with E-state index >= 15 is 0 Å². The van der Waals surface area contributed by atoms with Crippen LogP contribution in [0.1, 0.15) is 26.3 Å². The number of rotatable bonds is 4. The summed E-state index contributed by atoms with van der Waals surface area (Å²) in [5.74, 6) is -0.285. The SMILES string of the molecule is CC1(C)OCC2CC21C(=O)NCC(n1cncn1)C(F)(F)F. The fraction of sp³-hybridized carbons (Fsp3) is 0.769. The number of alkyl halides is 3. The van der Waals surface area contributed by atoms with Crippen molar-refractivity contribution in [2.24, 2.45) is 11.3 Å². The van der Waals surface area contributed by atoms with Crippen LogP contribution in [0.2, 0.25) is 0 Å². The first-order chi connectivity index (χ1) is 10.2. The normalized spacial score (nSPS) is 30.7. The van der Waals surface area contributed by atoms with E-state index in [0.29, 0.717) is 17.7 Å². The predicted octanol–water partition coefficient (Wildman–Crippen LogP) is 1.31. The zero-order chi connectivity index (χ0) is 16.2. The third-order valence-corrected chi connectivity index (χ3v) is 4.82. The van der Waals surface area contributed by atoms with Crippen molar-refractivity contribution in [2.75, 3.05) is 13.2 Å². The van der Waals surface area contributed by atoms with Gasteiger partial charge < -0.3 is 10.1 Å². The molecule has 1 aliphatic heterocycles. The van der Waals surface area contributed by atoms with Crippen molar-refractivity contribution in [3.63, 3.8) is 0 Å². The summed E-state index contributed by atoms with van der Waals surface area (Å²) in [4.78, 5) is 15.9. The van der Waals surface area contributed by atoms with Crippen molar-refractivity contribution < 1.29 is 22.7 Å². The summed E-state index contributed by atoms with van der Waals surface area (Å²) < 4.78 is 45.6. The van der Waals surface area contributed by atoms with Gasteiger partial charge in [0.1, 0.15) is 12.7 Å². The fourth-order valence-electron chi connectivity index (χ4n) is 3.34. The van der Waals surface area contributed by atoms with E-state index in [1.807, 2.05) is 0 Å². The van der Waals surface area contributed by atoms with Crippen LogP contribution >= 0.6 is 0 Å². The Balaban J connectivity index is 1.70. The van der Waals surface area contributed by atoms with Gasteiger partial charge in [-0.15, -0.1) is 0 Å². The molecule has 1 saturated carbocycles. The summed E-state index contributed by atoms with van der Waals surface area (Å²) in [6.07, 6.45) is -1.84. The molecule has 1 saturated heterocycles. The van der Waals surface area contributed by atoms with E-state index in [4.69, 9.17) is 4.74 Å². The number of ether oxygens (including phenoxy) is 1. The van der Waals surface area contributed by atoms with Gasteiger partial charge in [0.05, 0.1) is 17.6 Å². The van der Waals surface area contributed by atoms with Crippen molar-refractivity contribution in [1.82, 2.24) is 20.1 Å². The Hall–Kier alpha value is -1.64. The molecule has 0 radical (unpaired) electrons. The van der Waals surface area contributed by atoms with Gasteiger partial charge in [0.15, 0.2) is 6.04 Å². The lowest BCUT2D eigenvalue weighted by molar-refractivity contribution is -0.170. The standard InChI is InChI=1S/C13H17F3N4O2/c1-11(2)12(3-8(12)5-22-11)10(21)18-4-9(13(14,15)16)20-7-17-6-19-20/h6-9H,3-5H2,1-2H3,(H,18,21).